The Bertz CT molecular complexity index is 565. The van der Waals surface area contributed by atoms with Crippen LogP contribution in [0.1, 0.15) is 30.6 Å². The van der Waals surface area contributed by atoms with E-state index < -0.39 is 0 Å². The summed E-state index contributed by atoms with van der Waals surface area (Å²) in [7, 11) is 4.42. The molecule has 0 aliphatic rings. The maximum atomic E-state index is 13.0. The third kappa shape index (κ3) is 6.55. The van der Waals surface area contributed by atoms with Crippen molar-refractivity contribution in [3.8, 4) is 11.5 Å². The van der Waals surface area contributed by atoms with E-state index in [1.165, 1.54) is 7.11 Å². The van der Waals surface area contributed by atoms with Crippen LogP contribution in [-0.4, -0.2) is 75.7 Å². The summed E-state index contributed by atoms with van der Waals surface area (Å²) in [5.74, 6) is 0.584. The third-order valence-corrected chi connectivity index (χ3v) is 4.28. The van der Waals surface area contributed by atoms with Crippen LogP contribution in [0.15, 0.2) is 18.2 Å². The Hall–Kier alpha value is -2.28. The van der Waals surface area contributed by atoms with Gasteiger partial charge in [0.25, 0.3) is 5.91 Å². The van der Waals surface area contributed by atoms with E-state index in [1.807, 2.05) is 0 Å². The molecule has 0 aliphatic heterocycles. The Kier molecular flexibility index (Phi) is 9.51. The van der Waals surface area contributed by atoms with E-state index in [2.05, 4.69) is 18.7 Å². The quantitative estimate of drug-likeness (QED) is 0.559. The molecule has 0 unspecified atom stereocenters. The van der Waals surface area contributed by atoms with Gasteiger partial charge in [-0.25, -0.2) is 0 Å². The van der Waals surface area contributed by atoms with Crippen LogP contribution in [0.25, 0.3) is 0 Å². The summed E-state index contributed by atoms with van der Waals surface area (Å²) in [4.78, 5) is 28.4. The van der Waals surface area contributed by atoms with Crippen molar-refractivity contribution in [1.82, 2.24) is 9.80 Å². The molecule has 26 heavy (non-hydrogen) atoms. The zero-order valence-corrected chi connectivity index (χ0v) is 16.4. The first kappa shape index (κ1) is 21.8. The number of ether oxygens (including phenoxy) is 3. The lowest BCUT2D eigenvalue weighted by molar-refractivity contribution is -0.140. The average molecular weight is 366 g/mol. The van der Waals surface area contributed by atoms with Gasteiger partial charge in [0.05, 0.1) is 27.8 Å². The van der Waals surface area contributed by atoms with Crippen molar-refractivity contribution in [1.29, 1.82) is 0 Å². The molecule has 1 aromatic carbocycles. The molecule has 1 rings (SSSR count). The molecule has 0 aliphatic carbocycles. The van der Waals surface area contributed by atoms with Crippen LogP contribution in [0.2, 0.25) is 0 Å². The molecular formula is C19H30N2O5. The van der Waals surface area contributed by atoms with Crippen molar-refractivity contribution >= 4 is 11.9 Å². The molecule has 0 aromatic heterocycles. The second-order valence-corrected chi connectivity index (χ2v) is 5.75. The minimum Gasteiger partial charge on any atom is -0.497 e. The Morgan fingerprint density at radius 2 is 1.46 bits per heavy atom. The van der Waals surface area contributed by atoms with Gasteiger partial charge >= 0.3 is 5.97 Å². The zero-order chi connectivity index (χ0) is 19.5. The van der Waals surface area contributed by atoms with Crippen LogP contribution in [0, 0.1) is 0 Å². The minimum atomic E-state index is -0.339. The van der Waals surface area contributed by atoms with Gasteiger partial charge in [-0.05, 0) is 25.2 Å². The van der Waals surface area contributed by atoms with Gasteiger partial charge in [0.15, 0.2) is 0 Å². The maximum absolute atomic E-state index is 13.0. The molecule has 0 bridgehead atoms. The summed E-state index contributed by atoms with van der Waals surface area (Å²) in [6, 6.07) is 5.06. The second-order valence-electron chi connectivity index (χ2n) is 5.75. The van der Waals surface area contributed by atoms with Crippen LogP contribution in [0.5, 0.6) is 11.5 Å². The number of rotatable bonds is 11. The summed E-state index contributed by atoms with van der Waals surface area (Å²) in [5.41, 5.74) is 0.464. The lowest BCUT2D eigenvalue weighted by Crippen LogP contribution is -2.40. The van der Waals surface area contributed by atoms with Gasteiger partial charge < -0.3 is 24.0 Å². The van der Waals surface area contributed by atoms with Crippen molar-refractivity contribution in [3.05, 3.63) is 23.8 Å². The summed E-state index contributed by atoms with van der Waals surface area (Å²) in [5, 5.41) is 0. The first-order chi connectivity index (χ1) is 12.5. The molecule has 0 saturated carbocycles. The zero-order valence-electron chi connectivity index (χ0n) is 16.4. The van der Waals surface area contributed by atoms with Gasteiger partial charge in [-0.2, -0.15) is 0 Å². The number of hydrogen-bond acceptors (Lipinski definition) is 6. The molecule has 0 fully saturated rings. The molecule has 1 amide bonds. The molecule has 7 nitrogen and oxygen atoms in total. The number of likely N-dealkylation sites (N-methyl/N-ethyl adjacent to an activating group) is 1. The fraction of sp³-hybridized carbons (Fsp3) is 0.579. The molecule has 1 aromatic rings. The topological polar surface area (TPSA) is 68.3 Å². The Labute approximate surface area is 155 Å². The summed E-state index contributed by atoms with van der Waals surface area (Å²) in [6.07, 6.45) is 0.154. The van der Waals surface area contributed by atoms with Gasteiger partial charge in [0, 0.05) is 31.3 Å². The van der Waals surface area contributed by atoms with Gasteiger partial charge in [-0.1, -0.05) is 13.8 Å². The average Bonchev–Trinajstić information content (AvgIpc) is 2.69. The smallest absolute Gasteiger partial charge is 0.307 e. The van der Waals surface area contributed by atoms with Crippen molar-refractivity contribution in [2.24, 2.45) is 0 Å². The van der Waals surface area contributed by atoms with Gasteiger partial charge in [-0.15, -0.1) is 0 Å². The van der Waals surface area contributed by atoms with E-state index in [0.29, 0.717) is 30.2 Å². The van der Waals surface area contributed by atoms with E-state index in [1.54, 1.807) is 37.3 Å². The Morgan fingerprint density at radius 3 is 1.92 bits per heavy atom. The Balaban J connectivity index is 2.99. The monoisotopic (exact) mass is 366 g/mol. The van der Waals surface area contributed by atoms with E-state index in [-0.39, 0.29) is 18.3 Å². The fourth-order valence-electron chi connectivity index (χ4n) is 2.56. The summed E-state index contributed by atoms with van der Waals surface area (Å²) in [6.45, 7) is 7.53. The Morgan fingerprint density at radius 1 is 0.885 bits per heavy atom. The van der Waals surface area contributed by atoms with E-state index in [9.17, 15) is 9.59 Å². The van der Waals surface area contributed by atoms with Crippen molar-refractivity contribution in [2.75, 3.05) is 54.1 Å². The van der Waals surface area contributed by atoms with Crippen molar-refractivity contribution in [2.45, 2.75) is 20.3 Å². The van der Waals surface area contributed by atoms with Crippen LogP contribution in [0.4, 0.5) is 0 Å². The van der Waals surface area contributed by atoms with E-state index >= 15 is 0 Å². The predicted molar refractivity (Wildman–Crippen MR) is 99.9 cm³/mol. The highest BCUT2D eigenvalue weighted by atomic mass is 16.5. The second kappa shape index (κ2) is 11.4. The van der Waals surface area contributed by atoms with Gasteiger partial charge in [0.2, 0.25) is 0 Å². The summed E-state index contributed by atoms with van der Waals surface area (Å²) < 4.78 is 15.2. The number of hydrogen-bond donors (Lipinski definition) is 0. The SMILES string of the molecule is CCN(CC)CCN(CCC(=O)OC)C(=O)c1cc(OC)cc(OC)c1. The minimum absolute atomic E-state index is 0.154. The predicted octanol–water partition coefficient (Wildman–Crippen LogP) is 2.05. The highest BCUT2D eigenvalue weighted by Gasteiger charge is 2.19. The highest BCUT2D eigenvalue weighted by molar-refractivity contribution is 5.95. The molecule has 0 saturated heterocycles. The first-order valence-electron chi connectivity index (χ1n) is 8.80. The van der Waals surface area contributed by atoms with Crippen LogP contribution < -0.4 is 9.47 Å². The van der Waals surface area contributed by atoms with Crippen molar-refractivity contribution < 1.29 is 23.8 Å². The van der Waals surface area contributed by atoms with Gasteiger partial charge in [0.1, 0.15) is 11.5 Å². The molecule has 0 N–H and O–H groups in total. The van der Waals surface area contributed by atoms with E-state index in [0.717, 1.165) is 19.6 Å². The summed E-state index contributed by atoms with van der Waals surface area (Å²) >= 11 is 0. The molecule has 146 valence electrons. The molecule has 0 atom stereocenters. The largest absolute Gasteiger partial charge is 0.497 e. The van der Waals surface area contributed by atoms with Gasteiger partial charge in [-0.3, -0.25) is 9.59 Å². The number of carbonyl (C=O) groups excluding carboxylic acids is 2. The van der Waals surface area contributed by atoms with E-state index in [4.69, 9.17) is 14.2 Å². The maximum Gasteiger partial charge on any atom is 0.307 e. The highest BCUT2D eigenvalue weighted by Crippen LogP contribution is 2.23. The van der Waals surface area contributed by atoms with Crippen LogP contribution in [0.3, 0.4) is 0 Å². The fourth-order valence-corrected chi connectivity index (χ4v) is 2.56. The molecule has 0 radical (unpaired) electrons. The molecule has 7 heteroatoms. The van der Waals surface area contributed by atoms with Crippen LogP contribution >= 0.6 is 0 Å². The standard InChI is InChI=1S/C19H30N2O5/c1-6-20(7-2)10-11-21(9-8-18(22)26-5)19(23)15-12-16(24-3)14-17(13-15)25-4/h12-14H,6-11H2,1-5H3. The first-order valence-corrected chi connectivity index (χ1v) is 8.80. The number of benzene rings is 1. The number of methoxy groups -OCH3 is 3. The number of esters is 1. The molecular weight excluding hydrogens is 336 g/mol. The third-order valence-electron chi connectivity index (χ3n) is 4.28. The molecule has 0 spiro atoms. The number of carbonyl (C=O) groups is 2. The number of amides is 1. The lowest BCUT2D eigenvalue weighted by atomic mass is 10.1. The van der Waals surface area contributed by atoms with Crippen LogP contribution in [-0.2, 0) is 9.53 Å². The van der Waals surface area contributed by atoms with Crippen molar-refractivity contribution in [3.63, 3.8) is 0 Å². The number of nitrogens with zero attached hydrogens (tertiary/aromatic N) is 2. The lowest BCUT2D eigenvalue weighted by Gasteiger charge is -2.26. The normalized spacial score (nSPS) is 10.5. The molecule has 0 heterocycles.